The summed E-state index contributed by atoms with van der Waals surface area (Å²) < 4.78 is 21.8. The number of amides is 1. The standard InChI is InChI=1S/C28H28FN3O2/c1-19(20-8-4-2-5-9-20)31-28(33)25-17-16-24(34-25)27-26(21-12-14-22(29)15-13-21)30-18-32(27)23-10-6-3-7-11-23/h2,4-5,8-9,12-19,23H,3,6-7,10-11H2,1H3,(H,31,33)/t19-/m0/s1. The summed E-state index contributed by atoms with van der Waals surface area (Å²) in [5.74, 6) is 0.273. The molecular formula is C28H28FN3O2. The zero-order valence-electron chi connectivity index (χ0n) is 19.2. The van der Waals surface area contributed by atoms with Crippen molar-refractivity contribution in [3.8, 4) is 22.7 Å². The quantitative estimate of drug-likeness (QED) is 0.341. The first kappa shape index (κ1) is 22.1. The van der Waals surface area contributed by atoms with Gasteiger partial charge in [0.25, 0.3) is 5.91 Å². The van der Waals surface area contributed by atoms with Crippen LogP contribution in [0.4, 0.5) is 4.39 Å². The fourth-order valence-electron chi connectivity index (χ4n) is 4.74. The molecule has 0 spiro atoms. The van der Waals surface area contributed by atoms with Crippen molar-refractivity contribution >= 4 is 5.91 Å². The zero-order valence-corrected chi connectivity index (χ0v) is 19.2. The fourth-order valence-corrected chi connectivity index (χ4v) is 4.74. The van der Waals surface area contributed by atoms with Crippen molar-refractivity contribution in [3.63, 3.8) is 0 Å². The van der Waals surface area contributed by atoms with E-state index in [-0.39, 0.29) is 23.5 Å². The molecule has 0 aliphatic heterocycles. The van der Waals surface area contributed by atoms with Gasteiger partial charge in [-0.25, -0.2) is 9.37 Å². The van der Waals surface area contributed by atoms with Crippen molar-refractivity contribution in [2.24, 2.45) is 0 Å². The summed E-state index contributed by atoms with van der Waals surface area (Å²) in [4.78, 5) is 17.6. The third-order valence-corrected chi connectivity index (χ3v) is 6.59. The number of hydrogen-bond acceptors (Lipinski definition) is 3. The first-order valence-electron chi connectivity index (χ1n) is 11.9. The van der Waals surface area contributed by atoms with Crippen LogP contribution in [0, 0.1) is 5.82 Å². The maximum Gasteiger partial charge on any atom is 0.287 e. The Morgan fingerprint density at radius 3 is 2.50 bits per heavy atom. The van der Waals surface area contributed by atoms with Crippen molar-refractivity contribution in [2.75, 3.05) is 0 Å². The van der Waals surface area contributed by atoms with Gasteiger partial charge in [0.1, 0.15) is 11.5 Å². The Kier molecular flexibility index (Phi) is 6.30. The lowest BCUT2D eigenvalue weighted by molar-refractivity contribution is 0.0912. The van der Waals surface area contributed by atoms with E-state index in [1.807, 2.05) is 49.6 Å². The van der Waals surface area contributed by atoms with E-state index in [2.05, 4.69) is 14.9 Å². The van der Waals surface area contributed by atoms with Crippen LogP contribution in [0.5, 0.6) is 0 Å². The Balaban J connectivity index is 1.47. The molecule has 2 aromatic heterocycles. The van der Waals surface area contributed by atoms with Gasteiger partial charge in [-0.15, -0.1) is 0 Å². The minimum absolute atomic E-state index is 0.148. The number of nitrogens with one attached hydrogen (secondary N) is 1. The number of aromatic nitrogens is 2. The molecule has 1 atom stereocenters. The molecule has 1 aliphatic carbocycles. The Bertz CT molecular complexity index is 1250. The van der Waals surface area contributed by atoms with E-state index in [0.717, 1.165) is 35.4 Å². The lowest BCUT2D eigenvalue weighted by Crippen LogP contribution is -2.26. The summed E-state index contributed by atoms with van der Waals surface area (Å²) in [6.07, 6.45) is 7.61. The van der Waals surface area contributed by atoms with Crippen molar-refractivity contribution in [1.82, 2.24) is 14.9 Å². The van der Waals surface area contributed by atoms with Crippen LogP contribution in [0.3, 0.4) is 0 Å². The van der Waals surface area contributed by atoms with Gasteiger partial charge >= 0.3 is 0 Å². The van der Waals surface area contributed by atoms with Crippen LogP contribution >= 0.6 is 0 Å². The van der Waals surface area contributed by atoms with Gasteiger partial charge in [-0.05, 0) is 61.7 Å². The van der Waals surface area contributed by atoms with Crippen LogP contribution in [-0.2, 0) is 0 Å². The van der Waals surface area contributed by atoms with Crippen LogP contribution in [0.2, 0.25) is 0 Å². The molecule has 1 aliphatic rings. The topological polar surface area (TPSA) is 60.1 Å². The maximum atomic E-state index is 13.6. The van der Waals surface area contributed by atoms with E-state index >= 15 is 0 Å². The van der Waals surface area contributed by atoms with Gasteiger partial charge in [-0.1, -0.05) is 49.6 Å². The number of benzene rings is 2. The molecule has 0 saturated heterocycles. The predicted octanol–water partition coefficient (Wildman–Crippen LogP) is 6.95. The van der Waals surface area contributed by atoms with Gasteiger partial charge in [0.05, 0.1) is 18.1 Å². The third kappa shape index (κ3) is 4.53. The van der Waals surface area contributed by atoms with E-state index < -0.39 is 0 Å². The van der Waals surface area contributed by atoms with Crippen LogP contribution < -0.4 is 5.32 Å². The number of imidazole rings is 1. The molecule has 6 heteroatoms. The van der Waals surface area contributed by atoms with Crippen molar-refractivity contribution in [1.29, 1.82) is 0 Å². The minimum atomic E-state index is -0.290. The molecule has 1 saturated carbocycles. The van der Waals surface area contributed by atoms with E-state index in [1.165, 1.54) is 31.4 Å². The number of hydrogen-bond donors (Lipinski definition) is 1. The minimum Gasteiger partial charge on any atom is -0.449 e. The van der Waals surface area contributed by atoms with Crippen LogP contribution in [0.1, 0.15) is 67.2 Å². The van der Waals surface area contributed by atoms with Crippen molar-refractivity contribution < 1.29 is 13.6 Å². The van der Waals surface area contributed by atoms with E-state index in [4.69, 9.17) is 4.42 Å². The van der Waals surface area contributed by atoms with Crippen LogP contribution in [0.25, 0.3) is 22.7 Å². The average molecular weight is 458 g/mol. The Morgan fingerprint density at radius 2 is 1.76 bits per heavy atom. The highest BCUT2D eigenvalue weighted by molar-refractivity contribution is 5.92. The number of halogens is 1. The Morgan fingerprint density at radius 1 is 1.03 bits per heavy atom. The first-order valence-corrected chi connectivity index (χ1v) is 11.9. The summed E-state index contributed by atoms with van der Waals surface area (Å²) in [5.41, 5.74) is 3.39. The second-order valence-electron chi connectivity index (χ2n) is 8.92. The highest BCUT2D eigenvalue weighted by atomic mass is 19.1. The average Bonchev–Trinajstić information content (AvgIpc) is 3.53. The number of rotatable bonds is 6. The molecule has 34 heavy (non-hydrogen) atoms. The molecule has 5 nitrogen and oxygen atoms in total. The summed E-state index contributed by atoms with van der Waals surface area (Å²) in [6.45, 7) is 1.95. The van der Waals surface area contributed by atoms with Crippen LogP contribution in [0.15, 0.2) is 77.5 Å². The van der Waals surface area contributed by atoms with E-state index in [9.17, 15) is 9.18 Å². The molecule has 1 N–H and O–H groups in total. The van der Waals surface area contributed by atoms with Gasteiger partial charge < -0.3 is 14.3 Å². The number of nitrogens with zero attached hydrogens (tertiary/aromatic N) is 2. The predicted molar refractivity (Wildman–Crippen MR) is 130 cm³/mol. The largest absolute Gasteiger partial charge is 0.449 e. The SMILES string of the molecule is C[C@H](NC(=O)c1ccc(-c2c(-c3ccc(F)cc3)ncn2C2CCCCC2)o1)c1ccccc1. The smallest absolute Gasteiger partial charge is 0.287 e. The third-order valence-electron chi connectivity index (χ3n) is 6.59. The van der Waals surface area contributed by atoms with Gasteiger partial charge in [-0.3, -0.25) is 4.79 Å². The van der Waals surface area contributed by atoms with Crippen LogP contribution in [-0.4, -0.2) is 15.5 Å². The maximum absolute atomic E-state index is 13.6. The Hall–Kier alpha value is -3.67. The summed E-state index contributed by atoms with van der Waals surface area (Å²) >= 11 is 0. The highest BCUT2D eigenvalue weighted by Gasteiger charge is 2.25. The lowest BCUT2D eigenvalue weighted by Gasteiger charge is -2.24. The molecule has 0 unspecified atom stereocenters. The number of carbonyl (C=O) groups excluding carboxylic acids is 1. The molecule has 1 amide bonds. The van der Waals surface area contributed by atoms with Gasteiger partial charge in [0, 0.05) is 11.6 Å². The molecule has 0 bridgehead atoms. The second kappa shape index (κ2) is 9.67. The molecule has 174 valence electrons. The fraction of sp³-hybridized carbons (Fsp3) is 0.286. The van der Waals surface area contributed by atoms with Gasteiger partial charge in [0.2, 0.25) is 0 Å². The van der Waals surface area contributed by atoms with Gasteiger partial charge in [0.15, 0.2) is 11.5 Å². The van der Waals surface area contributed by atoms with Crippen molar-refractivity contribution in [2.45, 2.75) is 51.1 Å². The normalized spacial score (nSPS) is 15.2. The second-order valence-corrected chi connectivity index (χ2v) is 8.92. The summed E-state index contributed by atoms with van der Waals surface area (Å²) in [6, 6.07) is 19.8. The van der Waals surface area contributed by atoms with E-state index in [1.54, 1.807) is 18.2 Å². The van der Waals surface area contributed by atoms with Gasteiger partial charge in [-0.2, -0.15) is 0 Å². The molecule has 0 radical (unpaired) electrons. The number of carbonyl (C=O) groups is 1. The van der Waals surface area contributed by atoms with Crippen molar-refractivity contribution in [3.05, 3.63) is 90.2 Å². The highest BCUT2D eigenvalue weighted by Crippen LogP contribution is 2.38. The molecule has 2 aromatic carbocycles. The van der Waals surface area contributed by atoms with E-state index in [0.29, 0.717) is 11.8 Å². The molecule has 1 fully saturated rings. The lowest BCUT2D eigenvalue weighted by atomic mass is 9.95. The summed E-state index contributed by atoms with van der Waals surface area (Å²) in [5, 5.41) is 3.00. The summed E-state index contributed by atoms with van der Waals surface area (Å²) in [7, 11) is 0. The number of furan rings is 1. The Labute approximate surface area is 198 Å². The molecule has 4 aromatic rings. The monoisotopic (exact) mass is 457 g/mol. The molecule has 5 rings (SSSR count). The zero-order chi connectivity index (χ0) is 23.5. The first-order chi connectivity index (χ1) is 16.6. The molecular weight excluding hydrogens is 429 g/mol. The molecule has 2 heterocycles.